The number of amides is 1. The van der Waals surface area contributed by atoms with Gasteiger partial charge in [0.05, 0.1) is 11.0 Å². The van der Waals surface area contributed by atoms with Gasteiger partial charge >= 0.3 is 0 Å². The van der Waals surface area contributed by atoms with Crippen LogP contribution in [0.4, 0.5) is 11.4 Å². The van der Waals surface area contributed by atoms with Gasteiger partial charge in [-0.3, -0.25) is 14.9 Å². The van der Waals surface area contributed by atoms with Gasteiger partial charge in [-0.2, -0.15) is 0 Å². The van der Waals surface area contributed by atoms with E-state index in [1.54, 1.807) is 19.1 Å². The van der Waals surface area contributed by atoms with Crippen LogP contribution in [0.3, 0.4) is 0 Å². The fourth-order valence-electron chi connectivity index (χ4n) is 2.23. The van der Waals surface area contributed by atoms with E-state index in [2.05, 4.69) is 5.32 Å². The zero-order valence-corrected chi connectivity index (χ0v) is 11.2. The molecule has 1 fully saturated rings. The number of nitrogens with zero attached hydrogens (tertiary/aromatic N) is 1. The SMILES string of the molecule is Cc1ccc(NCC2CCC(C(N)=O)O2)c([N+](=O)[O-])c1. The maximum Gasteiger partial charge on any atom is 0.292 e. The van der Waals surface area contributed by atoms with Crippen molar-refractivity contribution in [3.8, 4) is 0 Å². The van der Waals surface area contributed by atoms with E-state index < -0.39 is 16.9 Å². The number of nitrogens with one attached hydrogen (secondary N) is 1. The average molecular weight is 279 g/mol. The first-order valence-corrected chi connectivity index (χ1v) is 6.41. The summed E-state index contributed by atoms with van der Waals surface area (Å²) in [6.07, 6.45) is 0.598. The summed E-state index contributed by atoms with van der Waals surface area (Å²) >= 11 is 0. The van der Waals surface area contributed by atoms with Crippen LogP contribution in [0, 0.1) is 17.0 Å². The van der Waals surface area contributed by atoms with Crippen LogP contribution in [-0.4, -0.2) is 29.6 Å². The van der Waals surface area contributed by atoms with E-state index in [0.29, 0.717) is 25.1 Å². The van der Waals surface area contributed by atoms with E-state index in [1.165, 1.54) is 6.07 Å². The molecule has 7 heteroatoms. The maximum absolute atomic E-state index is 11.0. The van der Waals surface area contributed by atoms with Crippen molar-refractivity contribution >= 4 is 17.3 Å². The van der Waals surface area contributed by atoms with Crippen molar-refractivity contribution in [2.24, 2.45) is 5.73 Å². The molecule has 2 atom stereocenters. The summed E-state index contributed by atoms with van der Waals surface area (Å²) in [5.74, 6) is -0.464. The van der Waals surface area contributed by atoms with Gasteiger partial charge in [-0.25, -0.2) is 0 Å². The summed E-state index contributed by atoms with van der Waals surface area (Å²) in [5.41, 5.74) is 6.49. The summed E-state index contributed by atoms with van der Waals surface area (Å²) in [5, 5.41) is 14.0. The average Bonchev–Trinajstić information content (AvgIpc) is 2.86. The summed E-state index contributed by atoms with van der Waals surface area (Å²) in [6.45, 7) is 2.21. The molecule has 0 radical (unpaired) electrons. The Morgan fingerprint density at radius 2 is 2.30 bits per heavy atom. The zero-order valence-electron chi connectivity index (χ0n) is 11.2. The number of rotatable bonds is 5. The van der Waals surface area contributed by atoms with Crippen molar-refractivity contribution < 1.29 is 14.5 Å². The molecule has 1 amide bonds. The minimum Gasteiger partial charge on any atom is -0.377 e. The Morgan fingerprint density at radius 1 is 1.55 bits per heavy atom. The fraction of sp³-hybridized carbons (Fsp3) is 0.462. The van der Waals surface area contributed by atoms with E-state index >= 15 is 0 Å². The van der Waals surface area contributed by atoms with Crippen LogP contribution in [0.5, 0.6) is 0 Å². The molecule has 3 N–H and O–H groups in total. The quantitative estimate of drug-likeness (QED) is 0.624. The molecule has 2 unspecified atom stereocenters. The third kappa shape index (κ3) is 3.24. The molecule has 1 aromatic carbocycles. The van der Waals surface area contributed by atoms with Crippen molar-refractivity contribution in [1.82, 2.24) is 0 Å². The molecule has 1 aliphatic rings. The van der Waals surface area contributed by atoms with Crippen molar-refractivity contribution in [2.75, 3.05) is 11.9 Å². The first kappa shape index (κ1) is 14.3. The van der Waals surface area contributed by atoms with Gasteiger partial charge in [0.25, 0.3) is 5.69 Å². The molecule has 2 rings (SSSR count). The lowest BCUT2D eigenvalue weighted by molar-refractivity contribution is -0.384. The number of nitrogens with two attached hydrogens (primary N) is 1. The molecule has 0 spiro atoms. The third-order valence-electron chi connectivity index (χ3n) is 3.29. The van der Waals surface area contributed by atoms with Crippen LogP contribution in [0.15, 0.2) is 18.2 Å². The minimum atomic E-state index is -0.546. The number of hydrogen-bond acceptors (Lipinski definition) is 5. The fourth-order valence-corrected chi connectivity index (χ4v) is 2.23. The first-order valence-electron chi connectivity index (χ1n) is 6.41. The number of primary amides is 1. The highest BCUT2D eigenvalue weighted by Gasteiger charge is 2.29. The van der Waals surface area contributed by atoms with Gasteiger partial charge in [-0.1, -0.05) is 6.07 Å². The molecule has 1 saturated heterocycles. The van der Waals surface area contributed by atoms with Crippen molar-refractivity contribution in [2.45, 2.75) is 32.0 Å². The van der Waals surface area contributed by atoms with E-state index in [1.807, 2.05) is 0 Å². The molecule has 0 aromatic heterocycles. The number of aryl methyl sites for hydroxylation is 1. The number of nitro groups is 1. The molecule has 108 valence electrons. The minimum absolute atomic E-state index is 0.0365. The second-order valence-electron chi connectivity index (χ2n) is 4.89. The standard InChI is InChI=1S/C13H17N3O4/c1-8-2-4-10(11(6-8)16(18)19)15-7-9-3-5-12(20-9)13(14)17/h2,4,6,9,12,15H,3,5,7H2,1H3,(H2,14,17). The molecule has 0 saturated carbocycles. The lowest BCUT2D eigenvalue weighted by atomic mass is 10.1. The Kier molecular flexibility index (Phi) is 4.19. The predicted molar refractivity (Wildman–Crippen MR) is 73.4 cm³/mol. The molecule has 7 nitrogen and oxygen atoms in total. The molecule has 0 aliphatic carbocycles. The number of benzene rings is 1. The molecular weight excluding hydrogens is 262 g/mol. The van der Waals surface area contributed by atoms with Crippen LogP contribution in [-0.2, 0) is 9.53 Å². The molecule has 1 aromatic rings. The van der Waals surface area contributed by atoms with Gasteiger partial charge in [-0.15, -0.1) is 0 Å². The number of anilines is 1. The Balaban J connectivity index is 1.98. The number of ether oxygens (including phenoxy) is 1. The van der Waals surface area contributed by atoms with Crippen LogP contribution >= 0.6 is 0 Å². The summed E-state index contributed by atoms with van der Waals surface area (Å²) in [4.78, 5) is 21.6. The second kappa shape index (κ2) is 5.87. The Hall–Kier alpha value is -2.15. The second-order valence-corrected chi connectivity index (χ2v) is 4.89. The summed E-state index contributed by atoms with van der Waals surface area (Å²) in [6, 6.07) is 5.00. The zero-order chi connectivity index (χ0) is 14.7. The van der Waals surface area contributed by atoms with Crippen molar-refractivity contribution in [3.63, 3.8) is 0 Å². The van der Waals surface area contributed by atoms with Crippen LogP contribution in [0.1, 0.15) is 18.4 Å². The van der Waals surface area contributed by atoms with Gasteiger partial charge in [0, 0.05) is 12.6 Å². The van der Waals surface area contributed by atoms with Gasteiger partial charge in [-0.05, 0) is 31.4 Å². The van der Waals surface area contributed by atoms with Crippen molar-refractivity contribution in [3.05, 3.63) is 33.9 Å². The Bertz CT molecular complexity index is 532. The molecular formula is C13H17N3O4. The summed E-state index contributed by atoms with van der Waals surface area (Å²) < 4.78 is 5.46. The number of hydrogen-bond donors (Lipinski definition) is 2. The van der Waals surface area contributed by atoms with E-state index in [4.69, 9.17) is 10.5 Å². The topological polar surface area (TPSA) is 107 Å². The molecule has 1 heterocycles. The number of carbonyl (C=O) groups is 1. The smallest absolute Gasteiger partial charge is 0.292 e. The van der Waals surface area contributed by atoms with Crippen molar-refractivity contribution in [1.29, 1.82) is 0 Å². The Labute approximate surface area is 116 Å². The highest BCUT2D eigenvalue weighted by molar-refractivity contribution is 5.79. The van der Waals surface area contributed by atoms with Gasteiger partial charge in [0.2, 0.25) is 5.91 Å². The molecule has 0 bridgehead atoms. The van der Waals surface area contributed by atoms with E-state index in [-0.39, 0.29) is 11.8 Å². The Morgan fingerprint density at radius 3 is 2.90 bits per heavy atom. The van der Waals surface area contributed by atoms with E-state index in [9.17, 15) is 14.9 Å². The maximum atomic E-state index is 11.0. The third-order valence-corrected chi connectivity index (χ3v) is 3.29. The van der Waals surface area contributed by atoms with Gasteiger partial charge in [0.15, 0.2) is 0 Å². The van der Waals surface area contributed by atoms with Crippen LogP contribution < -0.4 is 11.1 Å². The molecule has 20 heavy (non-hydrogen) atoms. The van der Waals surface area contributed by atoms with Crippen LogP contribution in [0.2, 0.25) is 0 Å². The largest absolute Gasteiger partial charge is 0.377 e. The monoisotopic (exact) mass is 279 g/mol. The van der Waals surface area contributed by atoms with Gasteiger partial charge in [0.1, 0.15) is 11.8 Å². The normalized spacial score (nSPS) is 21.6. The molecule has 1 aliphatic heterocycles. The predicted octanol–water partition coefficient (Wildman–Crippen LogP) is 1.35. The van der Waals surface area contributed by atoms with E-state index in [0.717, 1.165) is 5.56 Å². The number of carbonyl (C=O) groups excluding carboxylic acids is 1. The number of nitro benzene ring substituents is 1. The highest BCUT2D eigenvalue weighted by atomic mass is 16.6. The highest BCUT2D eigenvalue weighted by Crippen LogP contribution is 2.26. The van der Waals surface area contributed by atoms with Gasteiger partial charge < -0.3 is 15.8 Å². The summed E-state index contributed by atoms with van der Waals surface area (Å²) in [7, 11) is 0. The first-order chi connectivity index (χ1) is 9.47. The lowest BCUT2D eigenvalue weighted by Gasteiger charge is -2.13. The van der Waals surface area contributed by atoms with Crippen LogP contribution in [0.25, 0.3) is 0 Å². The lowest BCUT2D eigenvalue weighted by Crippen LogP contribution is -2.30.